The van der Waals surface area contributed by atoms with E-state index in [4.69, 9.17) is 0 Å². The van der Waals surface area contributed by atoms with E-state index in [1.165, 1.54) is 0 Å². The average molecular weight is 336 g/mol. The minimum Gasteiger partial charge on any atom is -0.610 e. The zero-order valence-electron chi connectivity index (χ0n) is 13.5. The number of hydrogen-bond donors (Lipinski definition) is 1. The molecule has 1 N–H and O–H groups in total. The van der Waals surface area contributed by atoms with E-state index in [1.807, 2.05) is 6.92 Å². The first-order valence-electron chi connectivity index (χ1n) is 7.67. The molecule has 6 nitrogen and oxygen atoms in total. The van der Waals surface area contributed by atoms with Crippen molar-refractivity contribution in [2.45, 2.75) is 43.6 Å². The molecule has 1 aromatic heterocycles. The number of carbonyl (C=O) groups is 2. The fraction of sp³-hybridized carbons (Fsp3) is 0.562. The van der Waals surface area contributed by atoms with E-state index >= 15 is 0 Å². The molecule has 2 aliphatic carbocycles. The molecular weight excluding hydrogens is 316 g/mol. The number of Topliss-reactive ketones (excluding diaryl/α,β-unsaturated/α-hetero) is 2. The standard InChI is InChI=1S/C16H20N2O4S/c1-8-13(16(23(3)22)18(2)17-8)10-6-11(19)14(12(20)7-10)15(21)9-4-5-9/h9-10,19H,4-7H2,1-3H3. The van der Waals surface area contributed by atoms with Gasteiger partial charge in [0.1, 0.15) is 12.0 Å². The molecule has 0 aromatic carbocycles. The number of aliphatic hydroxyl groups excluding tert-OH is 1. The number of aryl methyl sites for hydroxylation is 2. The Morgan fingerprint density at radius 2 is 2.04 bits per heavy atom. The number of carbonyl (C=O) groups excluding carboxylic acids is 2. The zero-order valence-corrected chi connectivity index (χ0v) is 14.3. The predicted octanol–water partition coefficient (Wildman–Crippen LogP) is 1.70. The van der Waals surface area contributed by atoms with E-state index in [2.05, 4.69) is 5.10 Å². The number of rotatable bonds is 4. The molecule has 0 bridgehead atoms. The summed E-state index contributed by atoms with van der Waals surface area (Å²) in [5.74, 6) is -1.03. The Kier molecular flexibility index (Phi) is 4.10. The van der Waals surface area contributed by atoms with E-state index in [0.717, 1.165) is 18.4 Å². The summed E-state index contributed by atoms with van der Waals surface area (Å²) in [5, 5.41) is 15.2. The fourth-order valence-electron chi connectivity index (χ4n) is 3.39. The fourth-order valence-corrected chi connectivity index (χ4v) is 4.43. The van der Waals surface area contributed by atoms with Crippen molar-refractivity contribution in [3.8, 4) is 0 Å². The molecule has 0 aliphatic heterocycles. The van der Waals surface area contributed by atoms with E-state index in [1.54, 1.807) is 18.0 Å². The highest BCUT2D eigenvalue weighted by atomic mass is 32.2. The second-order valence-electron chi connectivity index (χ2n) is 6.37. The van der Waals surface area contributed by atoms with E-state index in [0.29, 0.717) is 10.7 Å². The van der Waals surface area contributed by atoms with Crippen LogP contribution in [-0.4, -0.2) is 37.3 Å². The van der Waals surface area contributed by atoms with Gasteiger partial charge in [-0.05, 0) is 19.8 Å². The van der Waals surface area contributed by atoms with Crippen molar-refractivity contribution in [3.05, 3.63) is 22.6 Å². The Morgan fingerprint density at radius 1 is 1.39 bits per heavy atom. The van der Waals surface area contributed by atoms with Gasteiger partial charge in [0.25, 0.3) is 0 Å². The first kappa shape index (κ1) is 16.3. The van der Waals surface area contributed by atoms with Gasteiger partial charge >= 0.3 is 0 Å². The Labute approximate surface area is 137 Å². The van der Waals surface area contributed by atoms with E-state index in [9.17, 15) is 19.2 Å². The molecule has 1 fully saturated rings. The maximum atomic E-state index is 12.4. The molecule has 23 heavy (non-hydrogen) atoms. The predicted molar refractivity (Wildman–Crippen MR) is 84.6 cm³/mol. The summed E-state index contributed by atoms with van der Waals surface area (Å²) in [6.45, 7) is 1.81. The van der Waals surface area contributed by atoms with Crippen molar-refractivity contribution in [1.29, 1.82) is 0 Å². The highest BCUT2D eigenvalue weighted by molar-refractivity contribution is 7.90. The van der Waals surface area contributed by atoms with E-state index in [-0.39, 0.29) is 47.6 Å². The largest absolute Gasteiger partial charge is 0.610 e. The first-order valence-corrected chi connectivity index (χ1v) is 9.23. The third-order valence-electron chi connectivity index (χ3n) is 4.53. The molecule has 1 heterocycles. The van der Waals surface area contributed by atoms with Gasteiger partial charge in [0.2, 0.25) is 5.03 Å². The van der Waals surface area contributed by atoms with Crippen LogP contribution < -0.4 is 0 Å². The van der Waals surface area contributed by atoms with Crippen molar-refractivity contribution in [1.82, 2.24) is 9.78 Å². The molecule has 0 amide bonds. The molecule has 3 rings (SSSR count). The maximum Gasteiger partial charge on any atom is 0.246 e. The summed E-state index contributed by atoms with van der Waals surface area (Å²) in [6.07, 6.45) is 3.53. The zero-order chi connectivity index (χ0) is 16.9. The normalized spacial score (nSPS) is 23.3. The van der Waals surface area contributed by atoms with Crippen LogP contribution in [-0.2, 0) is 27.8 Å². The molecule has 2 atom stereocenters. The van der Waals surface area contributed by atoms with Crippen LogP contribution >= 0.6 is 0 Å². The second-order valence-corrected chi connectivity index (χ2v) is 7.67. The lowest BCUT2D eigenvalue weighted by Gasteiger charge is -2.23. The minimum absolute atomic E-state index is 0.00976. The second kappa shape index (κ2) is 5.79. The van der Waals surface area contributed by atoms with Gasteiger partial charge in [-0.1, -0.05) is 0 Å². The summed E-state index contributed by atoms with van der Waals surface area (Å²) >= 11 is -1.25. The van der Waals surface area contributed by atoms with Crippen molar-refractivity contribution in [3.63, 3.8) is 0 Å². The van der Waals surface area contributed by atoms with Crippen molar-refractivity contribution < 1.29 is 19.2 Å². The third-order valence-corrected chi connectivity index (χ3v) is 5.56. The minimum atomic E-state index is -1.25. The molecule has 0 radical (unpaired) electrons. The number of nitrogens with zero attached hydrogens (tertiary/aromatic N) is 2. The monoisotopic (exact) mass is 336 g/mol. The van der Waals surface area contributed by atoms with Gasteiger partial charge in [0.15, 0.2) is 11.6 Å². The van der Waals surface area contributed by atoms with Crippen LogP contribution in [0.25, 0.3) is 0 Å². The van der Waals surface area contributed by atoms with Crippen LogP contribution in [0.2, 0.25) is 0 Å². The van der Waals surface area contributed by atoms with Gasteiger partial charge in [0.05, 0.1) is 16.8 Å². The molecule has 2 unspecified atom stereocenters. The lowest BCUT2D eigenvalue weighted by atomic mass is 9.81. The van der Waals surface area contributed by atoms with Crippen LogP contribution in [0.3, 0.4) is 0 Å². The highest BCUT2D eigenvalue weighted by Crippen LogP contribution is 2.41. The number of aliphatic hydroxyl groups is 1. The Hall–Kier alpha value is -1.60. The molecule has 124 valence electrons. The molecule has 1 saturated carbocycles. The third kappa shape index (κ3) is 2.83. The quantitative estimate of drug-likeness (QED) is 0.667. The van der Waals surface area contributed by atoms with Crippen molar-refractivity contribution in [2.75, 3.05) is 6.26 Å². The lowest BCUT2D eigenvalue weighted by Crippen LogP contribution is -2.25. The Balaban J connectivity index is 1.96. The van der Waals surface area contributed by atoms with Crippen molar-refractivity contribution in [2.24, 2.45) is 13.0 Å². The van der Waals surface area contributed by atoms with Crippen LogP contribution in [0.1, 0.15) is 42.9 Å². The summed E-state index contributed by atoms with van der Waals surface area (Å²) in [4.78, 5) is 24.6. The molecule has 0 saturated heterocycles. The van der Waals surface area contributed by atoms with Gasteiger partial charge in [-0.15, -0.1) is 0 Å². The molecule has 1 aromatic rings. The highest BCUT2D eigenvalue weighted by Gasteiger charge is 2.41. The maximum absolute atomic E-state index is 12.4. The van der Waals surface area contributed by atoms with Gasteiger partial charge in [-0.2, -0.15) is 5.10 Å². The van der Waals surface area contributed by atoms with E-state index < -0.39 is 11.2 Å². The summed E-state index contributed by atoms with van der Waals surface area (Å²) in [5.41, 5.74) is 1.45. The first-order chi connectivity index (χ1) is 10.8. The SMILES string of the molecule is Cc1nn(C)c([S+](C)[O-])c1C1CC(=O)C(C(=O)C2CC2)=C(O)C1. The molecular formula is C16H20N2O4S. The summed E-state index contributed by atoms with van der Waals surface area (Å²) < 4.78 is 13.6. The van der Waals surface area contributed by atoms with Gasteiger partial charge < -0.3 is 9.66 Å². The molecule has 7 heteroatoms. The van der Waals surface area contributed by atoms with Crippen LogP contribution in [0, 0.1) is 12.8 Å². The lowest BCUT2D eigenvalue weighted by molar-refractivity contribution is -0.123. The average Bonchev–Trinajstić information content (AvgIpc) is 3.22. The summed E-state index contributed by atoms with van der Waals surface area (Å²) in [7, 11) is 1.72. The Bertz CT molecular complexity index is 716. The summed E-state index contributed by atoms with van der Waals surface area (Å²) in [6, 6.07) is 0. The van der Waals surface area contributed by atoms with Crippen LogP contribution in [0.5, 0.6) is 0 Å². The van der Waals surface area contributed by atoms with Gasteiger partial charge in [-0.25, -0.2) is 4.68 Å². The van der Waals surface area contributed by atoms with Gasteiger partial charge in [0, 0.05) is 42.9 Å². The Morgan fingerprint density at radius 3 is 2.57 bits per heavy atom. The number of allylic oxidation sites excluding steroid dienone is 2. The van der Waals surface area contributed by atoms with Crippen LogP contribution in [0.15, 0.2) is 16.4 Å². The molecule has 2 aliphatic rings. The number of aromatic nitrogens is 2. The van der Waals surface area contributed by atoms with Crippen LogP contribution in [0.4, 0.5) is 0 Å². The van der Waals surface area contributed by atoms with Crippen molar-refractivity contribution >= 4 is 22.7 Å². The smallest absolute Gasteiger partial charge is 0.246 e. The van der Waals surface area contributed by atoms with Gasteiger partial charge in [-0.3, -0.25) is 9.59 Å². The molecule has 0 spiro atoms. The topological polar surface area (TPSA) is 95.2 Å². The number of ketones is 2. The number of hydrogen-bond acceptors (Lipinski definition) is 5.